The number of aromatic amines is 1. The monoisotopic (exact) mass is 440 g/mol. The van der Waals surface area contributed by atoms with Crippen molar-refractivity contribution in [1.82, 2.24) is 24.8 Å². The minimum atomic E-state index is -0.0728. The Morgan fingerprint density at radius 1 is 1.21 bits per heavy atom. The number of amides is 1. The van der Waals surface area contributed by atoms with E-state index >= 15 is 0 Å². The first-order valence-electron chi connectivity index (χ1n) is 10.8. The highest BCUT2D eigenvalue weighted by atomic mass is 16.5. The third-order valence-electron chi connectivity index (χ3n) is 5.80. The lowest BCUT2D eigenvalue weighted by molar-refractivity contribution is -0.126. The van der Waals surface area contributed by atoms with Crippen molar-refractivity contribution in [3.8, 4) is 11.5 Å². The Morgan fingerprint density at radius 3 is 2.85 bits per heavy atom. The van der Waals surface area contributed by atoms with E-state index in [-0.39, 0.29) is 5.91 Å². The fourth-order valence-electron chi connectivity index (χ4n) is 4.07. The number of nitrogens with one attached hydrogen (secondary N) is 2. The maximum Gasteiger partial charge on any atom is 0.246 e. The van der Waals surface area contributed by atoms with Crippen LogP contribution < -0.4 is 10.1 Å². The molecular formula is C25H24N6O2. The first-order valence-corrected chi connectivity index (χ1v) is 10.8. The largest absolute Gasteiger partial charge is 0.455 e. The molecule has 33 heavy (non-hydrogen) atoms. The molecule has 3 aromatic heterocycles. The Labute approximate surface area is 191 Å². The lowest BCUT2D eigenvalue weighted by Gasteiger charge is -2.26. The molecule has 1 amide bonds. The minimum absolute atomic E-state index is 0.0728. The molecule has 1 aliphatic heterocycles. The van der Waals surface area contributed by atoms with Gasteiger partial charge in [0.1, 0.15) is 29.3 Å². The second-order valence-electron chi connectivity index (χ2n) is 8.08. The summed E-state index contributed by atoms with van der Waals surface area (Å²) in [6, 6.07) is 9.71. The van der Waals surface area contributed by atoms with E-state index in [2.05, 4.69) is 31.8 Å². The Balaban J connectivity index is 1.43. The predicted octanol–water partition coefficient (Wildman–Crippen LogP) is 4.58. The number of rotatable bonds is 5. The third-order valence-corrected chi connectivity index (χ3v) is 5.80. The number of anilines is 2. The molecule has 0 radical (unpaired) electrons. The number of aryl methyl sites for hydroxylation is 2. The summed E-state index contributed by atoms with van der Waals surface area (Å²) in [5.74, 6) is 2.08. The number of ether oxygens (including phenoxy) is 1. The Hall–Kier alpha value is -4.20. The second-order valence-corrected chi connectivity index (χ2v) is 8.08. The van der Waals surface area contributed by atoms with E-state index in [1.54, 1.807) is 11.1 Å². The number of H-pyrrole nitrogens is 1. The molecule has 0 aliphatic carbocycles. The summed E-state index contributed by atoms with van der Waals surface area (Å²) >= 11 is 0. The average Bonchev–Trinajstić information content (AvgIpc) is 3.20. The van der Waals surface area contributed by atoms with Gasteiger partial charge in [-0.15, -0.1) is 0 Å². The zero-order valence-electron chi connectivity index (χ0n) is 18.6. The van der Waals surface area contributed by atoms with Crippen molar-refractivity contribution in [3.05, 3.63) is 78.0 Å². The Kier molecular flexibility index (Phi) is 5.26. The number of pyridine rings is 1. The van der Waals surface area contributed by atoms with Crippen LogP contribution in [0.2, 0.25) is 0 Å². The van der Waals surface area contributed by atoms with Crippen LogP contribution in [0.4, 0.5) is 11.5 Å². The maximum absolute atomic E-state index is 12.2. The van der Waals surface area contributed by atoms with E-state index in [9.17, 15) is 4.79 Å². The zero-order valence-corrected chi connectivity index (χ0v) is 18.6. The van der Waals surface area contributed by atoms with Crippen molar-refractivity contribution < 1.29 is 9.53 Å². The van der Waals surface area contributed by atoms with Gasteiger partial charge < -0.3 is 19.9 Å². The molecule has 2 N–H and O–H groups in total. The van der Waals surface area contributed by atoms with Crippen LogP contribution in [0, 0.1) is 13.8 Å². The molecule has 4 heterocycles. The van der Waals surface area contributed by atoms with Crippen molar-refractivity contribution in [3.63, 3.8) is 0 Å². The highest BCUT2D eigenvalue weighted by Gasteiger charge is 2.25. The van der Waals surface area contributed by atoms with Crippen LogP contribution in [0.3, 0.4) is 0 Å². The molecule has 0 unspecified atom stereocenters. The smallest absolute Gasteiger partial charge is 0.246 e. The molecule has 8 nitrogen and oxygen atoms in total. The minimum Gasteiger partial charge on any atom is -0.455 e. The van der Waals surface area contributed by atoms with Crippen LogP contribution in [0.5, 0.6) is 11.5 Å². The first kappa shape index (κ1) is 20.7. The van der Waals surface area contributed by atoms with E-state index in [0.717, 1.165) is 51.4 Å². The van der Waals surface area contributed by atoms with Crippen molar-refractivity contribution in [2.24, 2.45) is 0 Å². The molecule has 0 saturated carbocycles. The van der Waals surface area contributed by atoms with Crippen molar-refractivity contribution in [2.75, 3.05) is 11.9 Å². The van der Waals surface area contributed by atoms with Crippen LogP contribution >= 0.6 is 0 Å². The number of benzene rings is 1. The number of aromatic nitrogens is 4. The second kappa shape index (κ2) is 8.38. The van der Waals surface area contributed by atoms with Crippen LogP contribution in [-0.4, -0.2) is 37.3 Å². The molecule has 166 valence electrons. The normalized spacial score (nSPS) is 13.0. The zero-order chi connectivity index (χ0) is 22.9. The molecule has 1 aromatic carbocycles. The predicted molar refractivity (Wildman–Crippen MR) is 127 cm³/mol. The Morgan fingerprint density at radius 2 is 2.09 bits per heavy atom. The van der Waals surface area contributed by atoms with Gasteiger partial charge in [0.15, 0.2) is 0 Å². The lowest BCUT2D eigenvalue weighted by atomic mass is 10.1. The quantitative estimate of drug-likeness (QED) is 0.441. The fourth-order valence-corrected chi connectivity index (χ4v) is 4.07. The highest BCUT2D eigenvalue weighted by Crippen LogP contribution is 2.33. The molecule has 4 aromatic rings. The van der Waals surface area contributed by atoms with E-state index in [1.165, 1.54) is 12.4 Å². The number of nitrogens with zero attached hydrogens (tertiary/aromatic N) is 4. The van der Waals surface area contributed by atoms with Gasteiger partial charge in [-0.3, -0.25) is 9.78 Å². The molecular weight excluding hydrogens is 416 g/mol. The van der Waals surface area contributed by atoms with E-state index in [1.807, 2.05) is 44.2 Å². The molecule has 0 atom stereocenters. The summed E-state index contributed by atoms with van der Waals surface area (Å²) < 4.78 is 5.98. The molecule has 0 spiro atoms. The maximum atomic E-state index is 12.2. The molecule has 5 rings (SSSR count). The van der Waals surface area contributed by atoms with E-state index in [0.29, 0.717) is 24.7 Å². The molecule has 1 aliphatic rings. The van der Waals surface area contributed by atoms with Gasteiger partial charge in [0.05, 0.1) is 11.6 Å². The highest BCUT2D eigenvalue weighted by molar-refractivity contribution is 5.94. The number of hydrogen-bond donors (Lipinski definition) is 2. The van der Waals surface area contributed by atoms with Gasteiger partial charge in [-0.2, -0.15) is 0 Å². The number of hydrogen-bond acceptors (Lipinski definition) is 6. The van der Waals surface area contributed by atoms with E-state index in [4.69, 9.17) is 4.74 Å². The summed E-state index contributed by atoms with van der Waals surface area (Å²) in [4.78, 5) is 30.5. The Bertz CT molecular complexity index is 1360. The summed E-state index contributed by atoms with van der Waals surface area (Å²) in [6.45, 7) is 8.70. The number of carbonyl (C=O) groups excluding carboxylic acids is 1. The van der Waals surface area contributed by atoms with Crippen LogP contribution in [0.1, 0.15) is 22.5 Å². The molecule has 8 heteroatoms. The lowest BCUT2D eigenvalue weighted by Crippen LogP contribution is -2.34. The van der Waals surface area contributed by atoms with Crippen molar-refractivity contribution in [1.29, 1.82) is 0 Å². The van der Waals surface area contributed by atoms with Gasteiger partial charge in [0.25, 0.3) is 0 Å². The van der Waals surface area contributed by atoms with Gasteiger partial charge in [-0.05, 0) is 55.8 Å². The van der Waals surface area contributed by atoms with E-state index < -0.39 is 0 Å². The van der Waals surface area contributed by atoms with Gasteiger partial charge in [0.2, 0.25) is 5.91 Å². The molecule has 0 saturated heterocycles. The van der Waals surface area contributed by atoms with Gasteiger partial charge >= 0.3 is 0 Å². The van der Waals surface area contributed by atoms with Crippen LogP contribution in [0.15, 0.2) is 55.5 Å². The summed E-state index contributed by atoms with van der Waals surface area (Å²) in [6.07, 6.45) is 5.35. The third kappa shape index (κ3) is 4.03. The molecule has 0 bridgehead atoms. The summed E-state index contributed by atoms with van der Waals surface area (Å²) in [5.41, 5.74) is 5.69. The van der Waals surface area contributed by atoms with Gasteiger partial charge in [-0.1, -0.05) is 6.58 Å². The van der Waals surface area contributed by atoms with Gasteiger partial charge in [0, 0.05) is 42.1 Å². The van der Waals surface area contributed by atoms with Crippen LogP contribution in [0.25, 0.3) is 11.0 Å². The molecule has 0 fully saturated rings. The van der Waals surface area contributed by atoms with Gasteiger partial charge in [-0.25, -0.2) is 9.97 Å². The number of fused-ring (bicyclic) bond motifs is 3. The average molecular weight is 441 g/mol. The standard InChI is InChI=1S/C25H24N6O2/c1-4-22(32)31-10-9-20-19(13-31)23-24(27-14-28-25(23)30-20)29-17-6-8-21(15(2)11-17)33-18-7-5-16(3)26-12-18/h4-8,11-12,14H,1,9-10,13H2,2-3H3,(H2,27,28,29,30). The fraction of sp³-hybridized carbons (Fsp3) is 0.200. The summed E-state index contributed by atoms with van der Waals surface area (Å²) in [7, 11) is 0. The van der Waals surface area contributed by atoms with Crippen molar-refractivity contribution >= 4 is 28.4 Å². The van der Waals surface area contributed by atoms with Crippen LogP contribution in [-0.2, 0) is 17.8 Å². The summed E-state index contributed by atoms with van der Waals surface area (Å²) in [5, 5.41) is 4.32. The SMILES string of the molecule is C=CC(=O)N1CCc2[nH]c3ncnc(Nc4ccc(Oc5ccc(C)nc5)c(C)c4)c3c2C1. The number of carbonyl (C=O) groups is 1. The van der Waals surface area contributed by atoms with Crippen molar-refractivity contribution in [2.45, 2.75) is 26.8 Å². The first-order chi connectivity index (χ1) is 16.0. The topological polar surface area (TPSA) is 96.0 Å².